The van der Waals surface area contributed by atoms with Gasteiger partial charge in [0.05, 0.1) is 19.1 Å². The number of furan rings is 1. The van der Waals surface area contributed by atoms with Gasteiger partial charge >= 0.3 is 6.03 Å². The standard InChI is InChI=1S/C23H22N2O2S/c26-23(24-15-20-7-3-6-19-5-1-2-9-22(19)20)25(16-18-11-13-27-17-18)12-10-21-8-4-14-28-21/h1-9,11,13-14,17H,10,12,15-16H2,(H,24,26). The Kier molecular flexibility index (Phi) is 5.73. The average molecular weight is 391 g/mol. The van der Waals surface area contributed by atoms with Crippen molar-refractivity contribution in [1.82, 2.24) is 10.2 Å². The minimum absolute atomic E-state index is 0.0642. The summed E-state index contributed by atoms with van der Waals surface area (Å²) in [5, 5.41) is 7.51. The molecule has 0 spiro atoms. The van der Waals surface area contributed by atoms with Crippen LogP contribution in [0.4, 0.5) is 4.79 Å². The molecule has 142 valence electrons. The van der Waals surface area contributed by atoms with Crippen LogP contribution in [0.5, 0.6) is 0 Å². The lowest BCUT2D eigenvalue weighted by atomic mass is 10.0. The molecule has 2 heterocycles. The molecule has 0 saturated heterocycles. The van der Waals surface area contributed by atoms with E-state index in [-0.39, 0.29) is 6.03 Å². The number of carbonyl (C=O) groups excluding carboxylic acids is 1. The third-order valence-electron chi connectivity index (χ3n) is 4.76. The number of fused-ring (bicyclic) bond motifs is 1. The fraction of sp³-hybridized carbons (Fsp3) is 0.174. The summed E-state index contributed by atoms with van der Waals surface area (Å²) in [7, 11) is 0. The number of nitrogens with one attached hydrogen (secondary N) is 1. The molecule has 0 aliphatic heterocycles. The van der Waals surface area contributed by atoms with Crippen molar-refractivity contribution in [2.75, 3.05) is 6.54 Å². The number of benzene rings is 2. The first kappa shape index (κ1) is 18.3. The summed E-state index contributed by atoms with van der Waals surface area (Å²) < 4.78 is 5.17. The molecule has 4 aromatic rings. The number of hydrogen-bond donors (Lipinski definition) is 1. The first-order valence-electron chi connectivity index (χ1n) is 9.32. The first-order valence-corrected chi connectivity index (χ1v) is 10.2. The predicted molar refractivity (Wildman–Crippen MR) is 113 cm³/mol. The van der Waals surface area contributed by atoms with Crippen LogP contribution in [-0.2, 0) is 19.5 Å². The van der Waals surface area contributed by atoms with Crippen molar-refractivity contribution in [3.05, 3.63) is 94.6 Å². The van der Waals surface area contributed by atoms with Crippen LogP contribution in [0, 0.1) is 0 Å². The largest absolute Gasteiger partial charge is 0.472 e. The van der Waals surface area contributed by atoms with E-state index < -0.39 is 0 Å². The Bertz CT molecular complexity index is 1020. The summed E-state index contributed by atoms with van der Waals surface area (Å²) in [4.78, 5) is 16.0. The van der Waals surface area contributed by atoms with Crippen LogP contribution < -0.4 is 5.32 Å². The SMILES string of the molecule is O=C(NCc1cccc2ccccc12)N(CCc1cccs1)Cc1ccoc1. The van der Waals surface area contributed by atoms with Gasteiger partial charge in [-0.3, -0.25) is 0 Å². The Hall–Kier alpha value is -3.05. The fourth-order valence-corrected chi connectivity index (χ4v) is 3.98. The van der Waals surface area contributed by atoms with Crippen molar-refractivity contribution in [1.29, 1.82) is 0 Å². The van der Waals surface area contributed by atoms with Gasteiger partial charge < -0.3 is 14.6 Å². The normalized spacial score (nSPS) is 10.9. The van der Waals surface area contributed by atoms with E-state index in [1.165, 1.54) is 15.6 Å². The Morgan fingerprint density at radius 2 is 1.93 bits per heavy atom. The molecule has 0 aliphatic carbocycles. The maximum Gasteiger partial charge on any atom is 0.317 e. The van der Waals surface area contributed by atoms with E-state index in [1.807, 2.05) is 35.2 Å². The summed E-state index contributed by atoms with van der Waals surface area (Å²) in [6.45, 7) is 1.69. The van der Waals surface area contributed by atoms with Gasteiger partial charge in [-0.2, -0.15) is 0 Å². The summed E-state index contributed by atoms with van der Waals surface area (Å²) >= 11 is 1.72. The molecule has 0 fully saturated rings. The van der Waals surface area contributed by atoms with E-state index in [1.54, 1.807) is 23.9 Å². The van der Waals surface area contributed by atoms with Crippen LogP contribution in [0.3, 0.4) is 0 Å². The minimum atomic E-state index is -0.0642. The molecule has 4 rings (SSSR count). The molecular formula is C23H22N2O2S. The highest BCUT2D eigenvalue weighted by Gasteiger charge is 2.15. The van der Waals surface area contributed by atoms with Gasteiger partial charge in [0.2, 0.25) is 0 Å². The summed E-state index contributed by atoms with van der Waals surface area (Å²) in [6.07, 6.45) is 4.17. The van der Waals surface area contributed by atoms with Gasteiger partial charge in [-0.05, 0) is 40.3 Å². The lowest BCUT2D eigenvalue weighted by Crippen LogP contribution is -2.40. The van der Waals surface area contributed by atoms with Crippen molar-refractivity contribution in [3.8, 4) is 0 Å². The molecular weight excluding hydrogens is 368 g/mol. The smallest absolute Gasteiger partial charge is 0.317 e. The van der Waals surface area contributed by atoms with Gasteiger partial charge in [0, 0.05) is 23.5 Å². The molecule has 4 nitrogen and oxygen atoms in total. The van der Waals surface area contributed by atoms with Crippen LogP contribution in [0.25, 0.3) is 10.8 Å². The van der Waals surface area contributed by atoms with Gasteiger partial charge in [0.1, 0.15) is 0 Å². The van der Waals surface area contributed by atoms with Crippen LogP contribution >= 0.6 is 11.3 Å². The summed E-state index contributed by atoms with van der Waals surface area (Å²) in [6, 6.07) is 20.4. The zero-order chi connectivity index (χ0) is 19.2. The van der Waals surface area contributed by atoms with E-state index >= 15 is 0 Å². The Labute approximate surface area is 168 Å². The molecule has 28 heavy (non-hydrogen) atoms. The molecule has 0 aliphatic rings. The lowest BCUT2D eigenvalue weighted by Gasteiger charge is -2.22. The maximum absolute atomic E-state index is 12.9. The number of nitrogens with zero attached hydrogens (tertiary/aromatic N) is 1. The van der Waals surface area contributed by atoms with E-state index in [9.17, 15) is 4.79 Å². The van der Waals surface area contributed by atoms with Gasteiger partial charge in [0.15, 0.2) is 0 Å². The van der Waals surface area contributed by atoms with Crippen molar-refractivity contribution in [2.24, 2.45) is 0 Å². The molecule has 0 bridgehead atoms. The monoisotopic (exact) mass is 390 g/mol. The predicted octanol–water partition coefficient (Wildman–Crippen LogP) is 5.45. The number of amides is 2. The van der Waals surface area contributed by atoms with Crippen LogP contribution in [0.15, 0.2) is 83.0 Å². The summed E-state index contributed by atoms with van der Waals surface area (Å²) in [5.74, 6) is 0. The maximum atomic E-state index is 12.9. The molecule has 0 radical (unpaired) electrons. The van der Waals surface area contributed by atoms with Gasteiger partial charge in [-0.15, -0.1) is 11.3 Å². The molecule has 0 atom stereocenters. The van der Waals surface area contributed by atoms with Gasteiger partial charge in [-0.1, -0.05) is 48.5 Å². The number of hydrogen-bond acceptors (Lipinski definition) is 3. The van der Waals surface area contributed by atoms with E-state index in [0.29, 0.717) is 19.6 Å². The first-order chi connectivity index (χ1) is 13.8. The lowest BCUT2D eigenvalue weighted by molar-refractivity contribution is 0.195. The zero-order valence-corrected chi connectivity index (χ0v) is 16.3. The van der Waals surface area contributed by atoms with Crippen molar-refractivity contribution < 1.29 is 9.21 Å². The van der Waals surface area contributed by atoms with E-state index in [4.69, 9.17) is 4.42 Å². The number of rotatable bonds is 7. The number of carbonyl (C=O) groups is 1. The number of thiophene rings is 1. The second-order valence-electron chi connectivity index (χ2n) is 6.68. The minimum Gasteiger partial charge on any atom is -0.472 e. The Morgan fingerprint density at radius 1 is 1.04 bits per heavy atom. The zero-order valence-electron chi connectivity index (χ0n) is 15.5. The van der Waals surface area contributed by atoms with Crippen LogP contribution in [0.1, 0.15) is 16.0 Å². The van der Waals surface area contributed by atoms with Crippen molar-refractivity contribution in [2.45, 2.75) is 19.5 Å². The molecule has 2 aromatic heterocycles. The molecule has 1 N–H and O–H groups in total. The molecule has 5 heteroatoms. The Morgan fingerprint density at radius 3 is 2.75 bits per heavy atom. The topological polar surface area (TPSA) is 45.5 Å². The molecule has 0 saturated carbocycles. The highest BCUT2D eigenvalue weighted by molar-refractivity contribution is 7.09. The molecule has 0 unspecified atom stereocenters. The van der Waals surface area contributed by atoms with Gasteiger partial charge in [-0.25, -0.2) is 4.79 Å². The van der Waals surface area contributed by atoms with Gasteiger partial charge in [0.25, 0.3) is 0 Å². The second kappa shape index (κ2) is 8.76. The third kappa shape index (κ3) is 4.43. The van der Waals surface area contributed by atoms with Crippen molar-refractivity contribution in [3.63, 3.8) is 0 Å². The molecule has 2 aromatic carbocycles. The van der Waals surface area contributed by atoms with Crippen LogP contribution in [0.2, 0.25) is 0 Å². The van der Waals surface area contributed by atoms with Crippen molar-refractivity contribution >= 4 is 28.1 Å². The fourth-order valence-electron chi connectivity index (χ4n) is 3.28. The second-order valence-corrected chi connectivity index (χ2v) is 7.71. The van der Waals surface area contributed by atoms with E-state index in [0.717, 1.165) is 17.5 Å². The highest BCUT2D eigenvalue weighted by Crippen LogP contribution is 2.18. The average Bonchev–Trinajstić information content (AvgIpc) is 3.43. The van der Waals surface area contributed by atoms with Crippen LogP contribution in [-0.4, -0.2) is 17.5 Å². The summed E-state index contributed by atoms with van der Waals surface area (Å²) in [5.41, 5.74) is 2.11. The highest BCUT2D eigenvalue weighted by atomic mass is 32.1. The van der Waals surface area contributed by atoms with E-state index in [2.05, 4.69) is 41.0 Å². The number of urea groups is 1. The quantitative estimate of drug-likeness (QED) is 0.456. The Balaban J connectivity index is 1.44. The molecule has 2 amide bonds. The third-order valence-corrected chi connectivity index (χ3v) is 5.70.